The van der Waals surface area contributed by atoms with Gasteiger partial charge < -0.3 is 19.2 Å². The average molecular weight is 342 g/mol. The van der Waals surface area contributed by atoms with Gasteiger partial charge in [-0.1, -0.05) is 6.07 Å². The van der Waals surface area contributed by atoms with Gasteiger partial charge in [-0.3, -0.25) is 14.6 Å². The number of carbonyl (C=O) groups is 2. The van der Waals surface area contributed by atoms with E-state index in [0.717, 1.165) is 0 Å². The van der Waals surface area contributed by atoms with Gasteiger partial charge in [0.1, 0.15) is 0 Å². The van der Waals surface area contributed by atoms with Gasteiger partial charge in [0.15, 0.2) is 11.5 Å². The average Bonchev–Trinajstić information content (AvgIpc) is 3.25. The molecule has 0 spiro atoms. The maximum Gasteiger partial charge on any atom is 0.290 e. The molecule has 7 heteroatoms. The Balaban J connectivity index is 2.01. The summed E-state index contributed by atoms with van der Waals surface area (Å²) in [5.41, 5.74) is 0.651. The zero-order valence-electron chi connectivity index (χ0n) is 13.7. The van der Waals surface area contributed by atoms with Crippen molar-refractivity contribution in [2.45, 2.75) is 12.5 Å². The second-order valence-electron chi connectivity index (χ2n) is 5.60. The van der Waals surface area contributed by atoms with Crippen LogP contribution in [0, 0.1) is 0 Å². The number of furan rings is 1. The Kier molecular flexibility index (Phi) is 4.95. The summed E-state index contributed by atoms with van der Waals surface area (Å²) in [6, 6.07) is 5.85. The summed E-state index contributed by atoms with van der Waals surface area (Å²) in [7, 11) is 1.58. The SMILES string of the molecule is COCCCN1C(=O)C(O)=C(C(=O)c2ccco2)C1c1cccnc1. The molecule has 0 radical (unpaired) electrons. The normalized spacial score (nSPS) is 17.4. The summed E-state index contributed by atoms with van der Waals surface area (Å²) < 4.78 is 10.2. The highest BCUT2D eigenvalue weighted by molar-refractivity contribution is 6.14. The van der Waals surface area contributed by atoms with Crippen molar-refractivity contribution in [3.05, 3.63) is 65.6 Å². The fourth-order valence-corrected chi connectivity index (χ4v) is 2.92. The van der Waals surface area contributed by atoms with E-state index >= 15 is 0 Å². The summed E-state index contributed by atoms with van der Waals surface area (Å²) in [5.74, 6) is -1.58. The molecule has 0 bridgehead atoms. The summed E-state index contributed by atoms with van der Waals surface area (Å²) in [4.78, 5) is 30.9. The largest absolute Gasteiger partial charge is 0.503 e. The first kappa shape index (κ1) is 16.9. The third kappa shape index (κ3) is 3.18. The molecule has 25 heavy (non-hydrogen) atoms. The van der Waals surface area contributed by atoms with Crippen LogP contribution in [0.4, 0.5) is 0 Å². The van der Waals surface area contributed by atoms with Gasteiger partial charge in [0, 0.05) is 32.7 Å². The van der Waals surface area contributed by atoms with Crippen LogP contribution in [0.1, 0.15) is 28.6 Å². The standard InChI is InChI=1S/C18H18N2O5/c1-24-9-4-8-20-15(12-5-2-7-19-11-12)14(17(22)18(20)23)16(21)13-6-3-10-25-13/h2-3,5-7,10-11,15,22H,4,8-9H2,1H3. The number of pyridine rings is 1. The van der Waals surface area contributed by atoms with E-state index in [0.29, 0.717) is 25.1 Å². The third-order valence-electron chi connectivity index (χ3n) is 4.04. The molecule has 0 fully saturated rings. The highest BCUT2D eigenvalue weighted by atomic mass is 16.5. The lowest BCUT2D eigenvalue weighted by Gasteiger charge is -2.26. The Morgan fingerprint density at radius 1 is 1.40 bits per heavy atom. The third-order valence-corrected chi connectivity index (χ3v) is 4.04. The molecule has 3 heterocycles. The van der Waals surface area contributed by atoms with Gasteiger partial charge in [-0.25, -0.2) is 0 Å². The quantitative estimate of drug-likeness (QED) is 0.613. The first-order valence-electron chi connectivity index (χ1n) is 7.86. The topological polar surface area (TPSA) is 92.9 Å². The number of hydrogen-bond acceptors (Lipinski definition) is 6. The number of amides is 1. The van der Waals surface area contributed by atoms with E-state index in [1.54, 1.807) is 37.7 Å². The summed E-state index contributed by atoms with van der Waals surface area (Å²) >= 11 is 0. The van der Waals surface area contributed by atoms with Gasteiger partial charge in [0.25, 0.3) is 5.91 Å². The van der Waals surface area contributed by atoms with Crippen molar-refractivity contribution in [2.75, 3.05) is 20.3 Å². The molecule has 0 saturated heterocycles. The lowest BCUT2D eigenvalue weighted by molar-refractivity contribution is -0.129. The molecule has 3 rings (SSSR count). The molecule has 1 atom stereocenters. The summed E-state index contributed by atoms with van der Waals surface area (Å²) in [6.45, 7) is 0.803. The van der Waals surface area contributed by atoms with E-state index in [4.69, 9.17) is 9.15 Å². The fraction of sp³-hybridized carbons (Fsp3) is 0.278. The van der Waals surface area contributed by atoms with Crippen LogP contribution in [0.2, 0.25) is 0 Å². The van der Waals surface area contributed by atoms with Gasteiger partial charge in [0.05, 0.1) is 17.9 Å². The maximum atomic E-state index is 12.8. The molecular weight excluding hydrogens is 324 g/mol. The van der Waals surface area contributed by atoms with Gasteiger partial charge in [-0.2, -0.15) is 0 Å². The fourth-order valence-electron chi connectivity index (χ4n) is 2.92. The zero-order valence-corrected chi connectivity index (χ0v) is 13.7. The Hall–Kier alpha value is -2.93. The number of aliphatic hydroxyl groups is 1. The maximum absolute atomic E-state index is 12.8. The van der Waals surface area contributed by atoms with E-state index in [1.165, 1.54) is 17.2 Å². The minimum absolute atomic E-state index is 0.00497. The van der Waals surface area contributed by atoms with Gasteiger partial charge in [-0.05, 0) is 30.2 Å². The Bertz CT molecular complexity index is 783. The van der Waals surface area contributed by atoms with Gasteiger partial charge >= 0.3 is 0 Å². The van der Waals surface area contributed by atoms with Crippen LogP contribution in [-0.2, 0) is 9.53 Å². The number of hydrogen-bond donors (Lipinski definition) is 1. The van der Waals surface area contributed by atoms with Crippen molar-refractivity contribution in [3.63, 3.8) is 0 Å². The highest BCUT2D eigenvalue weighted by Gasteiger charge is 2.44. The Morgan fingerprint density at radius 3 is 2.88 bits per heavy atom. The number of aromatic nitrogens is 1. The predicted molar refractivity (Wildman–Crippen MR) is 87.9 cm³/mol. The number of ketones is 1. The molecule has 1 unspecified atom stereocenters. The second kappa shape index (κ2) is 7.31. The molecule has 1 N–H and O–H groups in total. The smallest absolute Gasteiger partial charge is 0.290 e. The van der Waals surface area contributed by atoms with Crippen LogP contribution in [-0.4, -0.2) is 46.9 Å². The number of nitrogens with zero attached hydrogens (tertiary/aromatic N) is 2. The summed E-state index contributed by atoms with van der Waals surface area (Å²) in [5, 5.41) is 10.4. The van der Waals surface area contributed by atoms with Crippen LogP contribution < -0.4 is 0 Å². The zero-order chi connectivity index (χ0) is 17.8. The molecule has 0 saturated carbocycles. The molecule has 7 nitrogen and oxygen atoms in total. The Morgan fingerprint density at radius 2 is 2.24 bits per heavy atom. The molecule has 1 amide bonds. The van der Waals surface area contributed by atoms with Crippen molar-refractivity contribution in [1.29, 1.82) is 0 Å². The van der Waals surface area contributed by atoms with Crippen LogP contribution in [0.25, 0.3) is 0 Å². The van der Waals surface area contributed by atoms with Crippen molar-refractivity contribution in [2.24, 2.45) is 0 Å². The predicted octanol–water partition coefficient (Wildman–Crippen LogP) is 2.29. The molecule has 1 aliphatic rings. The number of methoxy groups -OCH3 is 1. The first-order chi connectivity index (χ1) is 12.1. The van der Waals surface area contributed by atoms with E-state index in [1.807, 2.05) is 0 Å². The van der Waals surface area contributed by atoms with Crippen molar-refractivity contribution < 1.29 is 23.8 Å². The monoisotopic (exact) mass is 342 g/mol. The summed E-state index contributed by atoms with van der Waals surface area (Å²) in [6.07, 6.45) is 5.13. The van der Waals surface area contributed by atoms with E-state index in [2.05, 4.69) is 4.98 Å². The van der Waals surface area contributed by atoms with Crippen LogP contribution >= 0.6 is 0 Å². The number of Topliss-reactive ketones (excluding diaryl/α,β-unsaturated/α-hetero) is 1. The number of rotatable bonds is 7. The van der Waals surface area contributed by atoms with Crippen LogP contribution in [0.15, 0.2) is 58.7 Å². The molecule has 0 aromatic carbocycles. The van der Waals surface area contributed by atoms with Gasteiger partial charge in [0.2, 0.25) is 5.78 Å². The lowest BCUT2D eigenvalue weighted by atomic mass is 9.96. The molecule has 2 aromatic rings. The molecule has 0 aliphatic carbocycles. The van der Waals surface area contributed by atoms with E-state index in [9.17, 15) is 14.7 Å². The van der Waals surface area contributed by atoms with Gasteiger partial charge in [-0.15, -0.1) is 0 Å². The van der Waals surface area contributed by atoms with Crippen molar-refractivity contribution in [1.82, 2.24) is 9.88 Å². The van der Waals surface area contributed by atoms with Crippen molar-refractivity contribution in [3.8, 4) is 0 Å². The lowest BCUT2D eigenvalue weighted by Crippen LogP contribution is -2.32. The van der Waals surface area contributed by atoms with Crippen LogP contribution in [0.3, 0.4) is 0 Å². The number of carbonyl (C=O) groups excluding carboxylic acids is 2. The van der Waals surface area contributed by atoms with E-state index in [-0.39, 0.29) is 11.3 Å². The number of ether oxygens (including phenoxy) is 1. The van der Waals surface area contributed by atoms with Crippen molar-refractivity contribution >= 4 is 11.7 Å². The van der Waals surface area contributed by atoms with E-state index < -0.39 is 23.5 Å². The molecule has 2 aromatic heterocycles. The van der Waals surface area contributed by atoms with Crippen LogP contribution in [0.5, 0.6) is 0 Å². The molecule has 130 valence electrons. The minimum Gasteiger partial charge on any atom is -0.503 e. The Labute approximate surface area is 144 Å². The molecular formula is C18H18N2O5. The molecule has 1 aliphatic heterocycles. The number of aliphatic hydroxyl groups excluding tert-OH is 1. The highest BCUT2D eigenvalue weighted by Crippen LogP contribution is 2.38. The second-order valence-corrected chi connectivity index (χ2v) is 5.60. The first-order valence-corrected chi connectivity index (χ1v) is 7.86. The minimum atomic E-state index is -0.712.